The summed E-state index contributed by atoms with van der Waals surface area (Å²) < 4.78 is 338. The second-order valence-corrected chi connectivity index (χ2v) is 18.5. The Bertz CT molecular complexity index is 1210. The molecule has 0 saturated heterocycles. The van der Waals surface area contributed by atoms with Crippen LogP contribution in [0, 0.1) is 0 Å². The summed E-state index contributed by atoms with van der Waals surface area (Å²) in [5.41, 5.74) is 0. The van der Waals surface area contributed by atoms with Crippen LogP contribution in [0.15, 0.2) is 0 Å². The second-order valence-electron chi connectivity index (χ2n) is 12.0. The van der Waals surface area contributed by atoms with Crippen molar-refractivity contribution >= 4 is 17.4 Å². The highest BCUT2D eigenvalue weighted by atomic mass is 28.4. The van der Waals surface area contributed by atoms with E-state index in [0.29, 0.717) is 0 Å². The molecule has 0 aliphatic carbocycles. The first-order chi connectivity index (χ1) is 25.0. The van der Waals surface area contributed by atoms with Crippen molar-refractivity contribution in [3.63, 3.8) is 0 Å². The molecule has 0 aromatic carbocycles. The first-order valence-electron chi connectivity index (χ1n) is 15.3. The molecular weight excluding hydrogens is 904 g/mol. The summed E-state index contributed by atoms with van der Waals surface area (Å²) in [6.07, 6.45) is -27.4. The van der Waals surface area contributed by atoms with E-state index < -0.39 is 115 Å². The average molecular weight is 941 g/mol. The lowest BCUT2D eigenvalue weighted by Crippen LogP contribution is -2.66. The molecule has 3 atom stereocenters. The van der Waals surface area contributed by atoms with Gasteiger partial charge in [-0.1, -0.05) is 26.7 Å². The first kappa shape index (κ1) is 57.6. The molecule has 0 rings (SSSR count). The summed E-state index contributed by atoms with van der Waals surface area (Å²) in [6, 6.07) is -0.290. The number of rotatable bonds is 23. The molecule has 57 heavy (non-hydrogen) atoms. The maximum atomic E-state index is 13.8. The van der Waals surface area contributed by atoms with Crippen molar-refractivity contribution in [2.75, 3.05) is 34.5 Å². The molecule has 0 radical (unpaired) electrons. The Hall–Kier alpha value is -1.45. The SMILES string of the molecule is CCC[Si](C)(OC)OCC(F)(F)C(F)(F)C(F)(F)C(F)(F)C(F)CC(F)(F)F.CCC[Si](OC)(OC)OCC(F)(F)C(F)(F)C(F)(F)C(F)(F)C(F)CC(F)(F)F. The first-order valence-corrected chi connectivity index (χ1v) is 19.8. The molecule has 0 heterocycles. The van der Waals surface area contributed by atoms with Crippen molar-refractivity contribution in [1.82, 2.24) is 0 Å². The van der Waals surface area contributed by atoms with Gasteiger partial charge < -0.3 is 22.1 Å². The van der Waals surface area contributed by atoms with Gasteiger partial charge in [-0.2, -0.15) is 96.6 Å². The molecule has 0 saturated carbocycles. The molecule has 0 amide bonds. The predicted molar refractivity (Wildman–Crippen MR) is 151 cm³/mol. The van der Waals surface area contributed by atoms with E-state index in [-0.39, 0.29) is 24.9 Å². The lowest BCUT2D eigenvalue weighted by Gasteiger charge is -2.38. The van der Waals surface area contributed by atoms with Gasteiger partial charge in [0.2, 0.25) is 0 Å². The van der Waals surface area contributed by atoms with Crippen molar-refractivity contribution in [2.45, 2.75) is 130 Å². The minimum Gasteiger partial charge on any atom is -0.398 e. The third-order valence-corrected chi connectivity index (χ3v) is 13.5. The molecule has 3 unspecified atom stereocenters. The maximum absolute atomic E-state index is 13.8. The van der Waals surface area contributed by atoms with Gasteiger partial charge in [0, 0.05) is 27.4 Å². The highest BCUT2D eigenvalue weighted by molar-refractivity contribution is 6.66. The zero-order valence-electron chi connectivity index (χ0n) is 29.9. The Morgan fingerprint density at radius 1 is 0.439 bits per heavy atom. The Morgan fingerprint density at radius 3 is 0.982 bits per heavy atom. The molecular formula is C26H36F24O5Si2. The molecule has 0 aromatic rings. The number of halogens is 24. The quantitative estimate of drug-likeness (QED) is 0.0755. The van der Waals surface area contributed by atoms with Crippen molar-refractivity contribution in [3.8, 4) is 0 Å². The monoisotopic (exact) mass is 940 g/mol. The zero-order chi connectivity index (χ0) is 46.3. The number of alkyl halides is 24. The van der Waals surface area contributed by atoms with Crippen molar-refractivity contribution < 1.29 is 127 Å². The molecule has 5 nitrogen and oxygen atoms in total. The standard InChI is InChI=1S/C13H18F12O3Si.C13H18F12O2Si/c1-4-5-29(26-2,27-3)28-7-9(15,16)12(22,23)13(24,25)11(20,21)8(14)6-10(17,18)19;1-4-5-28(3,26-2)27-7-9(15,16)12(22,23)13(24,25)11(20,21)8(14)6-10(17,18)19/h8H,4-7H2,1-3H3;8H,4-7H2,1-3H3. The van der Waals surface area contributed by atoms with Gasteiger partial charge in [0.05, 0.1) is 12.8 Å². The van der Waals surface area contributed by atoms with E-state index in [4.69, 9.17) is 4.43 Å². The van der Waals surface area contributed by atoms with Gasteiger partial charge in [-0.05, 0) is 12.6 Å². The van der Waals surface area contributed by atoms with Crippen LogP contribution in [0.4, 0.5) is 105 Å². The van der Waals surface area contributed by atoms with Crippen LogP contribution in [0.5, 0.6) is 0 Å². The van der Waals surface area contributed by atoms with Gasteiger partial charge >= 0.3 is 77.1 Å². The molecule has 0 aliphatic heterocycles. The van der Waals surface area contributed by atoms with Crippen LogP contribution < -0.4 is 0 Å². The van der Waals surface area contributed by atoms with E-state index in [1.807, 2.05) is 0 Å². The lowest BCUT2D eigenvalue weighted by molar-refractivity contribution is -0.381. The van der Waals surface area contributed by atoms with Crippen LogP contribution in [-0.4, -0.2) is 124 Å². The summed E-state index contributed by atoms with van der Waals surface area (Å²) in [5.74, 6) is -53.8. The number of hydrogen-bond acceptors (Lipinski definition) is 5. The summed E-state index contributed by atoms with van der Waals surface area (Å²) in [7, 11) is -4.89. The average Bonchev–Trinajstić information content (AvgIpc) is 3.04. The van der Waals surface area contributed by atoms with Crippen LogP contribution in [0.25, 0.3) is 0 Å². The fourth-order valence-corrected chi connectivity index (χ4v) is 7.86. The Labute approximate surface area is 310 Å². The van der Waals surface area contributed by atoms with E-state index in [2.05, 4.69) is 17.7 Å². The van der Waals surface area contributed by atoms with Crippen LogP contribution >= 0.6 is 0 Å². The summed E-state index contributed by atoms with van der Waals surface area (Å²) >= 11 is 0. The van der Waals surface area contributed by atoms with Crippen molar-refractivity contribution in [1.29, 1.82) is 0 Å². The fourth-order valence-electron chi connectivity index (χ4n) is 4.03. The Kier molecular flexibility index (Phi) is 19.7. The summed E-state index contributed by atoms with van der Waals surface area (Å²) in [6.45, 7) is -0.990. The molecule has 0 aliphatic rings. The van der Waals surface area contributed by atoms with Crippen LogP contribution in [0.2, 0.25) is 18.6 Å². The molecule has 31 heteroatoms. The molecule has 0 aromatic heterocycles. The van der Waals surface area contributed by atoms with E-state index in [1.165, 1.54) is 13.8 Å². The van der Waals surface area contributed by atoms with E-state index >= 15 is 0 Å². The Morgan fingerprint density at radius 2 is 0.737 bits per heavy atom. The van der Waals surface area contributed by atoms with Gasteiger partial charge in [-0.25, -0.2) is 8.78 Å². The van der Waals surface area contributed by atoms with Crippen LogP contribution in [0.1, 0.15) is 39.5 Å². The minimum absolute atomic E-state index is 0.0458. The van der Waals surface area contributed by atoms with E-state index in [9.17, 15) is 105 Å². The molecule has 0 bridgehead atoms. The highest BCUT2D eigenvalue weighted by Gasteiger charge is 2.84. The summed E-state index contributed by atoms with van der Waals surface area (Å²) in [4.78, 5) is 0. The molecule has 346 valence electrons. The van der Waals surface area contributed by atoms with E-state index in [0.717, 1.165) is 27.9 Å². The van der Waals surface area contributed by atoms with Gasteiger partial charge in [0.25, 0.3) is 0 Å². The lowest BCUT2D eigenvalue weighted by atomic mass is 9.94. The van der Waals surface area contributed by atoms with Crippen molar-refractivity contribution in [2.24, 2.45) is 0 Å². The third-order valence-electron chi connectivity index (χ3n) is 7.50. The van der Waals surface area contributed by atoms with E-state index in [1.54, 1.807) is 0 Å². The van der Waals surface area contributed by atoms with Gasteiger partial charge in [-0.15, -0.1) is 0 Å². The molecule has 0 N–H and O–H groups in total. The molecule has 0 spiro atoms. The largest absolute Gasteiger partial charge is 0.500 e. The Balaban J connectivity index is 0. The van der Waals surface area contributed by atoms with Gasteiger partial charge in [0.1, 0.15) is 13.2 Å². The smallest absolute Gasteiger partial charge is 0.398 e. The van der Waals surface area contributed by atoms with Gasteiger partial charge in [-0.3, -0.25) is 0 Å². The van der Waals surface area contributed by atoms with Gasteiger partial charge in [0.15, 0.2) is 12.3 Å². The van der Waals surface area contributed by atoms with Crippen LogP contribution in [-0.2, 0) is 22.1 Å². The zero-order valence-corrected chi connectivity index (χ0v) is 31.9. The third kappa shape index (κ3) is 13.5. The topological polar surface area (TPSA) is 46.2 Å². The van der Waals surface area contributed by atoms with Crippen molar-refractivity contribution in [3.05, 3.63) is 0 Å². The van der Waals surface area contributed by atoms with Crippen LogP contribution in [0.3, 0.4) is 0 Å². The minimum atomic E-state index is -7.20. The second kappa shape index (κ2) is 19.5. The normalized spacial score (nSPS) is 17.2. The fraction of sp³-hybridized carbons (Fsp3) is 1.00. The predicted octanol–water partition coefficient (Wildman–Crippen LogP) is 11.4. The summed E-state index contributed by atoms with van der Waals surface area (Å²) in [5, 5.41) is 0. The highest BCUT2D eigenvalue weighted by Crippen LogP contribution is 2.57. The maximum Gasteiger partial charge on any atom is 0.500 e. The molecule has 0 fully saturated rings. The number of hydrogen-bond donors (Lipinski definition) is 0.